The molecule has 0 radical (unpaired) electrons. The number of amides is 1. The Morgan fingerprint density at radius 3 is 2.42 bits per heavy atom. The van der Waals surface area contributed by atoms with Gasteiger partial charge in [0.15, 0.2) is 0 Å². The van der Waals surface area contributed by atoms with Gasteiger partial charge < -0.3 is 9.88 Å². The number of carbonyl (C=O) groups is 1. The predicted octanol–water partition coefficient (Wildman–Crippen LogP) is 3.62. The third kappa shape index (κ3) is 4.49. The number of hydrogen-bond donors (Lipinski definition) is 1. The fourth-order valence-corrected chi connectivity index (χ4v) is 4.93. The Balaban J connectivity index is 2.06. The Morgan fingerprint density at radius 1 is 1.06 bits per heavy atom. The van der Waals surface area contributed by atoms with E-state index in [0.29, 0.717) is 17.7 Å². The molecular formula is C23H27N3O4S. The molecule has 0 atom stereocenters. The molecule has 8 heteroatoms. The lowest BCUT2D eigenvalue weighted by molar-refractivity contribution is 0.0792. The number of rotatable bonds is 8. The van der Waals surface area contributed by atoms with Crippen molar-refractivity contribution in [2.24, 2.45) is 0 Å². The number of hydrogen-bond acceptors (Lipinski definition) is 4. The zero-order valence-electron chi connectivity index (χ0n) is 18.0. The van der Waals surface area contributed by atoms with Crippen molar-refractivity contribution in [1.29, 1.82) is 0 Å². The highest BCUT2D eigenvalue weighted by Crippen LogP contribution is 2.25. The normalized spacial score (nSPS) is 11.5. The van der Waals surface area contributed by atoms with Crippen LogP contribution in [0.1, 0.15) is 37.0 Å². The molecule has 2 aromatic carbocycles. The van der Waals surface area contributed by atoms with Gasteiger partial charge in [-0.2, -0.15) is 0 Å². The summed E-state index contributed by atoms with van der Waals surface area (Å²) in [6.07, 6.45) is 3.16. The number of pyridine rings is 1. The Labute approximate surface area is 182 Å². The topological polar surface area (TPSA) is 90.6 Å². The van der Waals surface area contributed by atoms with Gasteiger partial charge in [0.2, 0.25) is 5.43 Å². The summed E-state index contributed by atoms with van der Waals surface area (Å²) in [4.78, 5) is 30.2. The maximum absolute atomic E-state index is 13.3. The van der Waals surface area contributed by atoms with Gasteiger partial charge in [-0.15, -0.1) is 0 Å². The van der Waals surface area contributed by atoms with Crippen LogP contribution in [0.5, 0.6) is 0 Å². The number of fused-ring (bicyclic) bond motifs is 1. The van der Waals surface area contributed by atoms with Crippen LogP contribution in [-0.4, -0.2) is 44.3 Å². The van der Waals surface area contributed by atoms with E-state index in [4.69, 9.17) is 0 Å². The fraction of sp³-hybridized carbons (Fsp3) is 0.304. The van der Waals surface area contributed by atoms with Gasteiger partial charge in [0.25, 0.3) is 15.9 Å². The number of aromatic nitrogens is 1. The van der Waals surface area contributed by atoms with Crippen molar-refractivity contribution in [2.45, 2.75) is 31.6 Å². The molecule has 0 unspecified atom stereocenters. The van der Waals surface area contributed by atoms with E-state index in [9.17, 15) is 18.0 Å². The second-order valence-electron chi connectivity index (χ2n) is 7.32. The van der Waals surface area contributed by atoms with Crippen LogP contribution in [0.2, 0.25) is 0 Å². The largest absolute Gasteiger partial charge is 0.360 e. The first-order chi connectivity index (χ1) is 14.8. The molecule has 1 aromatic heterocycles. The van der Waals surface area contributed by atoms with E-state index in [1.165, 1.54) is 27.5 Å². The summed E-state index contributed by atoms with van der Waals surface area (Å²) >= 11 is 0. The molecule has 0 saturated carbocycles. The zero-order valence-corrected chi connectivity index (χ0v) is 18.8. The summed E-state index contributed by atoms with van der Waals surface area (Å²) in [5, 5.41) is 0.167. The van der Waals surface area contributed by atoms with Crippen LogP contribution in [0.25, 0.3) is 10.9 Å². The van der Waals surface area contributed by atoms with Gasteiger partial charge in [-0.3, -0.25) is 13.9 Å². The van der Waals surface area contributed by atoms with Gasteiger partial charge in [-0.25, -0.2) is 8.42 Å². The lowest BCUT2D eigenvalue weighted by Gasteiger charge is -2.23. The van der Waals surface area contributed by atoms with Crippen LogP contribution in [0, 0.1) is 0 Å². The maximum atomic E-state index is 13.3. The molecule has 164 valence electrons. The summed E-state index contributed by atoms with van der Waals surface area (Å²) in [5.41, 5.74) is 0.526. The average molecular weight is 442 g/mol. The summed E-state index contributed by atoms with van der Waals surface area (Å²) in [5.74, 6) is -0.385. The highest BCUT2D eigenvalue weighted by molar-refractivity contribution is 7.92. The third-order valence-electron chi connectivity index (χ3n) is 5.20. The number of H-pyrrole nitrogens is 1. The lowest BCUT2D eigenvalue weighted by Crippen LogP contribution is -2.32. The fourth-order valence-electron chi connectivity index (χ4n) is 3.43. The van der Waals surface area contributed by atoms with E-state index >= 15 is 0 Å². The summed E-state index contributed by atoms with van der Waals surface area (Å²) in [6, 6.07) is 13.2. The van der Waals surface area contributed by atoms with Gasteiger partial charge in [-0.1, -0.05) is 31.5 Å². The van der Waals surface area contributed by atoms with Crippen molar-refractivity contribution < 1.29 is 13.2 Å². The Morgan fingerprint density at radius 2 is 1.77 bits per heavy atom. The number of anilines is 1. The lowest BCUT2D eigenvalue weighted by atomic mass is 10.1. The molecule has 3 aromatic rings. The first-order valence-corrected chi connectivity index (χ1v) is 11.7. The van der Waals surface area contributed by atoms with Crippen molar-refractivity contribution in [3.8, 4) is 0 Å². The molecule has 3 rings (SSSR count). The molecular weight excluding hydrogens is 414 g/mol. The van der Waals surface area contributed by atoms with Gasteiger partial charge in [0, 0.05) is 37.2 Å². The van der Waals surface area contributed by atoms with E-state index in [1.54, 1.807) is 44.3 Å². The van der Waals surface area contributed by atoms with Crippen LogP contribution in [0.15, 0.2) is 64.4 Å². The highest BCUT2D eigenvalue weighted by Gasteiger charge is 2.25. The summed E-state index contributed by atoms with van der Waals surface area (Å²) < 4.78 is 27.9. The zero-order chi connectivity index (χ0) is 22.6. The molecule has 31 heavy (non-hydrogen) atoms. The number of unbranched alkanes of at least 4 members (excludes halogenated alkanes) is 1. The molecule has 1 heterocycles. The van der Waals surface area contributed by atoms with Crippen LogP contribution in [-0.2, 0) is 10.0 Å². The SMILES string of the molecule is CCCCN(C)C(=O)c1c[nH]c2ccc(S(=O)(=O)N(CC)c3ccccc3)cc2c1=O. The standard InChI is InChI=1S/C23H27N3O4S/c1-4-6-14-25(3)23(28)20-16-24-21-13-12-18(15-19(21)22(20)27)31(29,30)26(5-2)17-10-8-7-9-11-17/h7-13,15-16H,4-6,14H2,1-3H3,(H,24,27). The quantitative estimate of drug-likeness (QED) is 0.578. The van der Waals surface area contributed by atoms with Gasteiger partial charge in [0.05, 0.1) is 10.6 Å². The van der Waals surface area contributed by atoms with Crippen LogP contribution < -0.4 is 9.73 Å². The maximum Gasteiger partial charge on any atom is 0.264 e. The number of para-hydroxylation sites is 1. The van der Waals surface area contributed by atoms with Crippen molar-refractivity contribution in [1.82, 2.24) is 9.88 Å². The molecule has 0 aliphatic carbocycles. The third-order valence-corrected chi connectivity index (χ3v) is 7.09. The number of sulfonamides is 1. The minimum absolute atomic E-state index is 0.000129. The summed E-state index contributed by atoms with van der Waals surface area (Å²) in [6.45, 7) is 4.56. The predicted molar refractivity (Wildman–Crippen MR) is 123 cm³/mol. The number of nitrogens with one attached hydrogen (secondary N) is 1. The smallest absolute Gasteiger partial charge is 0.264 e. The van der Waals surface area contributed by atoms with Crippen molar-refractivity contribution in [3.05, 3.63) is 70.5 Å². The average Bonchev–Trinajstić information content (AvgIpc) is 2.78. The van der Waals surface area contributed by atoms with Crippen LogP contribution in [0.3, 0.4) is 0 Å². The van der Waals surface area contributed by atoms with E-state index in [0.717, 1.165) is 12.8 Å². The molecule has 0 spiro atoms. The van der Waals surface area contributed by atoms with E-state index in [1.807, 2.05) is 13.0 Å². The molecule has 7 nitrogen and oxygen atoms in total. The number of benzene rings is 2. The Hall–Kier alpha value is -3.13. The molecule has 0 aliphatic heterocycles. The first kappa shape index (κ1) is 22.6. The second-order valence-corrected chi connectivity index (χ2v) is 9.19. The van der Waals surface area contributed by atoms with E-state index in [2.05, 4.69) is 4.98 Å². The Kier molecular flexibility index (Phi) is 6.80. The molecule has 1 N–H and O–H groups in total. The van der Waals surface area contributed by atoms with Crippen molar-refractivity contribution >= 4 is 32.5 Å². The summed E-state index contributed by atoms with van der Waals surface area (Å²) in [7, 11) is -2.23. The minimum Gasteiger partial charge on any atom is -0.360 e. The molecule has 0 saturated heterocycles. The molecule has 0 aliphatic rings. The highest BCUT2D eigenvalue weighted by atomic mass is 32.2. The monoisotopic (exact) mass is 441 g/mol. The number of aromatic amines is 1. The van der Waals surface area contributed by atoms with E-state index in [-0.39, 0.29) is 28.3 Å². The minimum atomic E-state index is -3.89. The molecule has 0 fully saturated rings. The molecule has 0 bridgehead atoms. The van der Waals surface area contributed by atoms with Gasteiger partial charge >= 0.3 is 0 Å². The van der Waals surface area contributed by atoms with Gasteiger partial charge in [0.1, 0.15) is 5.56 Å². The van der Waals surface area contributed by atoms with Crippen molar-refractivity contribution in [2.75, 3.05) is 24.4 Å². The first-order valence-electron chi connectivity index (χ1n) is 10.3. The van der Waals surface area contributed by atoms with Gasteiger partial charge in [-0.05, 0) is 43.7 Å². The molecule has 1 amide bonds. The van der Waals surface area contributed by atoms with Crippen LogP contribution in [0.4, 0.5) is 5.69 Å². The Bertz CT molecular complexity index is 1240. The number of nitrogens with zero attached hydrogens (tertiary/aromatic N) is 2. The second kappa shape index (κ2) is 9.34. The van der Waals surface area contributed by atoms with Crippen molar-refractivity contribution in [3.63, 3.8) is 0 Å². The van der Waals surface area contributed by atoms with E-state index < -0.39 is 15.5 Å². The number of carbonyl (C=O) groups excluding carboxylic acids is 1. The van der Waals surface area contributed by atoms with Crippen LogP contribution >= 0.6 is 0 Å².